The molecule has 1 fully saturated rings. The van der Waals surface area contributed by atoms with Crippen LogP contribution in [-0.4, -0.2) is 6.54 Å². The molecule has 2 rings (SSSR count). The molecule has 3 heteroatoms. The van der Waals surface area contributed by atoms with Crippen LogP contribution in [0.2, 0.25) is 5.02 Å². The van der Waals surface area contributed by atoms with Crippen molar-refractivity contribution in [3.63, 3.8) is 0 Å². The molecule has 0 spiro atoms. The average molecular weight is 256 g/mol. The van der Waals surface area contributed by atoms with Crippen LogP contribution in [0.15, 0.2) is 18.2 Å². The summed E-state index contributed by atoms with van der Waals surface area (Å²) in [5, 5.41) is 0.548. The zero-order valence-electron chi connectivity index (χ0n) is 9.96. The van der Waals surface area contributed by atoms with Crippen molar-refractivity contribution in [2.24, 2.45) is 17.6 Å². The maximum absolute atomic E-state index is 13.7. The maximum Gasteiger partial charge on any atom is 0.127 e. The van der Waals surface area contributed by atoms with Crippen molar-refractivity contribution in [3.8, 4) is 0 Å². The third kappa shape index (κ3) is 2.99. The van der Waals surface area contributed by atoms with E-state index < -0.39 is 0 Å². The molecule has 1 aliphatic carbocycles. The van der Waals surface area contributed by atoms with E-state index in [0.717, 1.165) is 12.8 Å². The van der Waals surface area contributed by atoms with E-state index in [-0.39, 0.29) is 5.82 Å². The van der Waals surface area contributed by atoms with Crippen LogP contribution in [0.3, 0.4) is 0 Å². The van der Waals surface area contributed by atoms with Gasteiger partial charge in [-0.15, -0.1) is 0 Å². The summed E-state index contributed by atoms with van der Waals surface area (Å²) < 4.78 is 13.7. The van der Waals surface area contributed by atoms with Crippen molar-refractivity contribution >= 4 is 11.6 Å². The molecule has 2 atom stereocenters. The molecule has 1 saturated carbocycles. The van der Waals surface area contributed by atoms with Gasteiger partial charge in [-0.25, -0.2) is 4.39 Å². The van der Waals surface area contributed by atoms with E-state index in [2.05, 4.69) is 0 Å². The van der Waals surface area contributed by atoms with Crippen molar-refractivity contribution in [2.45, 2.75) is 32.1 Å². The first-order valence-corrected chi connectivity index (χ1v) is 6.73. The monoisotopic (exact) mass is 255 g/mol. The number of hydrogen-bond donors (Lipinski definition) is 1. The highest BCUT2D eigenvalue weighted by atomic mass is 35.5. The SMILES string of the molecule is NCC1CCCCC1Cc1c(F)cccc1Cl. The second-order valence-corrected chi connectivity index (χ2v) is 5.35. The van der Waals surface area contributed by atoms with Crippen molar-refractivity contribution in [2.75, 3.05) is 6.54 Å². The van der Waals surface area contributed by atoms with Crippen LogP contribution >= 0.6 is 11.6 Å². The Bertz CT molecular complexity index is 360. The normalized spacial score (nSPS) is 24.9. The minimum absolute atomic E-state index is 0.182. The third-order valence-electron chi connectivity index (χ3n) is 3.90. The van der Waals surface area contributed by atoms with Crippen molar-refractivity contribution < 1.29 is 4.39 Å². The lowest BCUT2D eigenvalue weighted by Crippen LogP contribution is -2.28. The van der Waals surface area contributed by atoms with Gasteiger partial charge < -0.3 is 5.73 Å². The molecule has 1 aromatic rings. The fraction of sp³-hybridized carbons (Fsp3) is 0.571. The molecule has 2 N–H and O–H groups in total. The summed E-state index contributed by atoms with van der Waals surface area (Å²) in [6.07, 6.45) is 5.53. The minimum atomic E-state index is -0.182. The van der Waals surface area contributed by atoms with Crippen molar-refractivity contribution in [3.05, 3.63) is 34.6 Å². The van der Waals surface area contributed by atoms with Crippen LogP contribution in [-0.2, 0) is 6.42 Å². The number of benzene rings is 1. The van der Waals surface area contributed by atoms with Gasteiger partial charge in [0.1, 0.15) is 5.82 Å². The van der Waals surface area contributed by atoms with E-state index in [4.69, 9.17) is 17.3 Å². The van der Waals surface area contributed by atoms with E-state index in [9.17, 15) is 4.39 Å². The van der Waals surface area contributed by atoms with Gasteiger partial charge in [0.25, 0.3) is 0 Å². The van der Waals surface area contributed by atoms with Gasteiger partial charge >= 0.3 is 0 Å². The van der Waals surface area contributed by atoms with E-state index in [1.165, 1.54) is 25.3 Å². The van der Waals surface area contributed by atoms with E-state index >= 15 is 0 Å². The zero-order chi connectivity index (χ0) is 12.3. The topological polar surface area (TPSA) is 26.0 Å². The lowest BCUT2D eigenvalue weighted by molar-refractivity contribution is 0.240. The molecule has 0 saturated heterocycles. The Morgan fingerprint density at radius 2 is 1.94 bits per heavy atom. The molecule has 1 aromatic carbocycles. The van der Waals surface area contributed by atoms with E-state index in [1.807, 2.05) is 0 Å². The molecule has 0 bridgehead atoms. The van der Waals surface area contributed by atoms with Gasteiger partial charge in [-0.05, 0) is 49.8 Å². The number of halogens is 2. The molecule has 1 aliphatic rings. The van der Waals surface area contributed by atoms with E-state index in [1.54, 1.807) is 12.1 Å². The van der Waals surface area contributed by atoms with Gasteiger partial charge in [0.15, 0.2) is 0 Å². The minimum Gasteiger partial charge on any atom is -0.330 e. The van der Waals surface area contributed by atoms with Gasteiger partial charge in [-0.1, -0.05) is 30.5 Å². The molecule has 17 heavy (non-hydrogen) atoms. The second kappa shape index (κ2) is 5.83. The highest BCUT2D eigenvalue weighted by molar-refractivity contribution is 6.31. The summed E-state index contributed by atoms with van der Waals surface area (Å²) in [5.74, 6) is 0.835. The van der Waals surface area contributed by atoms with Crippen molar-refractivity contribution in [1.29, 1.82) is 0 Å². The highest BCUT2D eigenvalue weighted by Crippen LogP contribution is 2.34. The van der Waals surface area contributed by atoms with Gasteiger partial charge in [0.05, 0.1) is 0 Å². The van der Waals surface area contributed by atoms with Crippen LogP contribution in [0.5, 0.6) is 0 Å². The molecule has 0 aliphatic heterocycles. The summed E-state index contributed by atoms with van der Waals surface area (Å²) in [5.41, 5.74) is 6.46. The van der Waals surface area contributed by atoms with Gasteiger partial charge in [0.2, 0.25) is 0 Å². The Morgan fingerprint density at radius 1 is 1.24 bits per heavy atom. The molecule has 1 nitrogen and oxygen atoms in total. The Labute approximate surface area is 107 Å². The van der Waals surface area contributed by atoms with Gasteiger partial charge in [-0.2, -0.15) is 0 Å². The first-order chi connectivity index (χ1) is 8.22. The second-order valence-electron chi connectivity index (χ2n) is 4.94. The number of hydrogen-bond acceptors (Lipinski definition) is 1. The molecular weight excluding hydrogens is 237 g/mol. The average Bonchev–Trinajstić information content (AvgIpc) is 2.34. The maximum atomic E-state index is 13.7. The molecule has 0 radical (unpaired) electrons. The lowest BCUT2D eigenvalue weighted by atomic mass is 9.76. The Balaban J connectivity index is 2.13. The fourth-order valence-corrected chi connectivity index (χ4v) is 3.09. The third-order valence-corrected chi connectivity index (χ3v) is 4.25. The molecule has 2 unspecified atom stereocenters. The predicted molar refractivity (Wildman–Crippen MR) is 69.6 cm³/mol. The quantitative estimate of drug-likeness (QED) is 0.874. The number of rotatable bonds is 3. The molecular formula is C14H19ClFN. The Hall–Kier alpha value is -0.600. The smallest absolute Gasteiger partial charge is 0.127 e. The van der Waals surface area contributed by atoms with Crippen LogP contribution in [0.1, 0.15) is 31.2 Å². The molecule has 0 aromatic heterocycles. The van der Waals surface area contributed by atoms with Crippen LogP contribution in [0.25, 0.3) is 0 Å². The summed E-state index contributed by atoms with van der Waals surface area (Å²) in [6, 6.07) is 4.91. The Kier molecular flexibility index (Phi) is 4.41. The predicted octanol–water partition coefficient (Wildman–Crippen LogP) is 3.79. The molecule has 0 heterocycles. The largest absolute Gasteiger partial charge is 0.330 e. The zero-order valence-corrected chi connectivity index (χ0v) is 10.7. The van der Waals surface area contributed by atoms with E-state index in [0.29, 0.717) is 29.0 Å². The summed E-state index contributed by atoms with van der Waals surface area (Å²) >= 11 is 6.07. The van der Waals surface area contributed by atoms with Gasteiger partial charge in [-0.3, -0.25) is 0 Å². The summed E-state index contributed by atoms with van der Waals surface area (Å²) in [7, 11) is 0. The lowest BCUT2D eigenvalue weighted by Gasteiger charge is -2.31. The summed E-state index contributed by atoms with van der Waals surface area (Å²) in [6.45, 7) is 0.705. The first-order valence-electron chi connectivity index (χ1n) is 6.35. The standard InChI is InChI=1S/C14H19ClFN/c15-13-6-3-7-14(16)12(13)8-10-4-1-2-5-11(10)9-17/h3,6-7,10-11H,1-2,4-5,8-9,17H2. The first kappa shape index (κ1) is 12.8. The highest BCUT2D eigenvalue weighted by Gasteiger charge is 2.25. The van der Waals surface area contributed by atoms with Gasteiger partial charge in [0, 0.05) is 10.6 Å². The summed E-state index contributed by atoms with van der Waals surface area (Å²) in [4.78, 5) is 0. The molecule has 0 amide bonds. The van der Waals surface area contributed by atoms with Crippen LogP contribution < -0.4 is 5.73 Å². The molecule has 94 valence electrons. The Morgan fingerprint density at radius 3 is 2.59 bits per heavy atom. The van der Waals surface area contributed by atoms with Crippen LogP contribution in [0, 0.1) is 17.7 Å². The fourth-order valence-electron chi connectivity index (χ4n) is 2.85. The van der Waals surface area contributed by atoms with Crippen molar-refractivity contribution in [1.82, 2.24) is 0 Å². The van der Waals surface area contributed by atoms with Crippen LogP contribution in [0.4, 0.5) is 4.39 Å². The number of nitrogens with two attached hydrogens (primary N) is 1.